The summed E-state index contributed by atoms with van der Waals surface area (Å²) in [6.45, 7) is 7.66. The third-order valence-electron chi connectivity index (χ3n) is 4.93. The molecule has 0 unspecified atom stereocenters. The van der Waals surface area contributed by atoms with Crippen LogP contribution in [0, 0.1) is 0 Å². The largest absolute Gasteiger partial charge is 0.299 e. The topological polar surface area (TPSA) is 53.0 Å². The molecule has 1 N–H and O–H groups in total. The van der Waals surface area contributed by atoms with E-state index in [-0.39, 0.29) is 0 Å². The Bertz CT molecular complexity index is 594. The molecule has 6 heteroatoms. The molecule has 0 radical (unpaired) electrons. The highest BCUT2D eigenvalue weighted by Gasteiger charge is 2.22. The quantitative estimate of drug-likeness (QED) is 0.892. The van der Waals surface area contributed by atoms with Gasteiger partial charge >= 0.3 is 0 Å². The molecule has 4 rings (SSSR count). The number of nitrogens with one attached hydrogen (secondary N) is 1. The van der Waals surface area contributed by atoms with Gasteiger partial charge in [0, 0.05) is 57.4 Å². The maximum atomic E-state index is 4.53. The second-order valence-corrected chi connectivity index (χ2v) is 6.37. The van der Waals surface area contributed by atoms with Crippen LogP contribution in [0.1, 0.15) is 23.4 Å². The second-order valence-electron chi connectivity index (χ2n) is 6.37. The predicted molar refractivity (Wildman–Crippen MR) is 84.6 cm³/mol. The lowest BCUT2D eigenvalue weighted by Gasteiger charge is -2.34. The van der Waals surface area contributed by atoms with Gasteiger partial charge in [-0.05, 0) is 30.9 Å². The van der Waals surface area contributed by atoms with E-state index in [9.17, 15) is 0 Å². The van der Waals surface area contributed by atoms with Gasteiger partial charge in [-0.2, -0.15) is 10.2 Å². The maximum Gasteiger partial charge on any atom is 0.0797 e. The molecule has 0 aromatic carbocycles. The monoisotopic (exact) mass is 300 g/mol. The predicted octanol–water partition coefficient (Wildman–Crippen LogP) is 0.913. The van der Waals surface area contributed by atoms with E-state index < -0.39 is 0 Å². The molecule has 0 saturated carbocycles. The molecular weight excluding hydrogens is 276 g/mol. The summed E-state index contributed by atoms with van der Waals surface area (Å²) < 4.78 is 2.01. The van der Waals surface area contributed by atoms with E-state index in [1.165, 1.54) is 36.2 Å². The summed E-state index contributed by atoms with van der Waals surface area (Å²) in [5.41, 5.74) is 4.17. The minimum absolute atomic E-state index is 0.986. The number of aryl methyl sites for hydroxylation is 1. The fraction of sp³-hybridized carbons (Fsp3) is 0.625. The van der Waals surface area contributed by atoms with Crippen molar-refractivity contribution in [1.29, 1.82) is 0 Å². The molecule has 0 amide bonds. The van der Waals surface area contributed by atoms with Gasteiger partial charge in [0.25, 0.3) is 0 Å². The molecule has 0 bridgehead atoms. The van der Waals surface area contributed by atoms with E-state index in [1.54, 1.807) is 0 Å². The maximum absolute atomic E-state index is 4.53. The zero-order valence-corrected chi connectivity index (χ0v) is 13.0. The van der Waals surface area contributed by atoms with Gasteiger partial charge in [0.05, 0.1) is 12.2 Å². The first kappa shape index (κ1) is 14.0. The number of hydrogen-bond acceptors (Lipinski definition) is 4. The standard InChI is InChI=1S/C16H24N6/c1-3-14-15(4-1)18-19-16(14)13-21-9-7-20(8-10-21)11-12-22-6-2-5-17-22/h2,5-6H,1,3-4,7-13H2,(H,18,19). The van der Waals surface area contributed by atoms with Crippen LogP contribution >= 0.6 is 0 Å². The molecule has 2 aliphatic rings. The highest BCUT2D eigenvalue weighted by Crippen LogP contribution is 2.23. The first-order valence-electron chi connectivity index (χ1n) is 8.35. The van der Waals surface area contributed by atoms with Gasteiger partial charge in [-0.25, -0.2) is 0 Å². The van der Waals surface area contributed by atoms with Crippen molar-refractivity contribution in [3.8, 4) is 0 Å². The van der Waals surface area contributed by atoms with Crippen molar-refractivity contribution in [2.75, 3.05) is 32.7 Å². The van der Waals surface area contributed by atoms with Crippen LogP contribution in [0.4, 0.5) is 0 Å². The Morgan fingerprint density at radius 3 is 2.73 bits per heavy atom. The van der Waals surface area contributed by atoms with Crippen LogP contribution in [-0.2, 0) is 25.9 Å². The van der Waals surface area contributed by atoms with Crippen LogP contribution in [-0.4, -0.2) is 62.5 Å². The molecule has 0 spiro atoms. The molecule has 2 aromatic heterocycles. The molecule has 6 nitrogen and oxygen atoms in total. The van der Waals surface area contributed by atoms with Crippen molar-refractivity contribution >= 4 is 0 Å². The molecule has 2 aromatic rings. The molecule has 118 valence electrons. The molecule has 1 saturated heterocycles. The summed E-state index contributed by atoms with van der Waals surface area (Å²) in [6.07, 6.45) is 7.57. The summed E-state index contributed by atoms with van der Waals surface area (Å²) >= 11 is 0. The number of fused-ring (bicyclic) bond motifs is 1. The smallest absolute Gasteiger partial charge is 0.0797 e. The lowest BCUT2D eigenvalue weighted by atomic mass is 10.2. The first-order valence-corrected chi connectivity index (χ1v) is 8.35. The highest BCUT2D eigenvalue weighted by atomic mass is 15.3. The van der Waals surface area contributed by atoms with Crippen molar-refractivity contribution in [2.45, 2.75) is 32.4 Å². The van der Waals surface area contributed by atoms with E-state index in [0.717, 1.165) is 45.8 Å². The molecule has 3 heterocycles. The molecule has 1 fully saturated rings. The third-order valence-corrected chi connectivity index (χ3v) is 4.93. The van der Waals surface area contributed by atoms with Crippen molar-refractivity contribution in [3.63, 3.8) is 0 Å². The Labute approximate surface area is 131 Å². The zero-order valence-electron chi connectivity index (χ0n) is 13.0. The van der Waals surface area contributed by atoms with Crippen molar-refractivity contribution in [3.05, 3.63) is 35.4 Å². The van der Waals surface area contributed by atoms with Crippen LogP contribution in [0.25, 0.3) is 0 Å². The summed E-state index contributed by atoms with van der Waals surface area (Å²) in [6, 6.07) is 1.99. The van der Waals surface area contributed by atoms with E-state index in [1.807, 2.05) is 23.1 Å². The van der Waals surface area contributed by atoms with Crippen LogP contribution in [0.2, 0.25) is 0 Å². The summed E-state index contributed by atoms with van der Waals surface area (Å²) in [7, 11) is 0. The van der Waals surface area contributed by atoms with E-state index in [0.29, 0.717) is 0 Å². The highest BCUT2D eigenvalue weighted by molar-refractivity contribution is 5.29. The Balaban J connectivity index is 1.25. The minimum Gasteiger partial charge on any atom is -0.299 e. The summed E-state index contributed by atoms with van der Waals surface area (Å²) in [4.78, 5) is 5.08. The van der Waals surface area contributed by atoms with Gasteiger partial charge in [-0.1, -0.05) is 0 Å². The zero-order chi connectivity index (χ0) is 14.8. The number of aromatic amines is 1. The number of aromatic nitrogens is 4. The van der Waals surface area contributed by atoms with Gasteiger partial charge in [-0.15, -0.1) is 0 Å². The minimum atomic E-state index is 0.986. The second kappa shape index (κ2) is 6.22. The SMILES string of the molecule is c1cnn(CCN2CCN(Cc3n[nH]c4c3CCC4)CC2)c1. The van der Waals surface area contributed by atoms with Crippen LogP contribution in [0.15, 0.2) is 18.5 Å². The third kappa shape index (κ3) is 2.94. The average Bonchev–Trinajstić information content (AvgIpc) is 3.26. The van der Waals surface area contributed by atoms with Crippen LogP contribution in [0.3, 0.4) is 0 Å². The number of rotatable bonds is 5. The van der Waals surface area contributed by atoms with Crippen molar-refractivity contribution in [2.24, 2.45) is 0 Å². The number of nitrogens with zero attached hydrogens (tertiary/aromatic N) is 5. The van der Waals surface area contributed by atoms with E-state index in [2.05, 4.69) is 25.1 Å². The van der Waals surface area contributed by atoms with Gasteiger partial charge < -0.3 is 0 Å². The van der Waals surface area contributed by atoms with Gasteiger partial charge in [0.1, 0.15) is 0 Å². The Hall–Kier alpha value is -1.66. The Kier molecular flexibility index (Phi) is 3.95. The van der Waals surface area contributed by atoms with Gasteiger partial charge in [0.15, 0.2) is 0 Å². The number of hydrogen-bond donors (Lipinski definition) is 1. The van der Waals surface area contributed by atoms with E-state index >= 15 is 0 Å². The average molecular weight is 300 g/mol. The lowest BCUT2D eigenvalue weighted by Crippen LogP contribution is -2.46. The molecule has 1 aliphatic heterocycles. The first-order chi connectivity index (χ1) is 10.9. The lowest BCUT2D eigenvalue weighted by molar-refractivity contribution is 0.122. The van der Waals surface area contributed by atoms with Gasteiger partial charge in [0.2, 0.25) is 0 Å². The van der Waals surface area contributed by atoms with E-state index in [4.69, 9.17) is 0 Å². The molecular formula is C16H24N6. The number of piperazine rings is 1. The van der Waals surface area contributed by atoms with Crippen LogP contribution < -0.4 is 0 Å². The van der Waals surface area contributed by atoms with Gasteiger partial charge in [-0.3, -0.25) is 19.6 Å². The molecule has 1 aliphatic carbocycles. The fourth-order valence-corrected chi connectivity index (χ4v) is 3.58. The Morgan fingerprint density at radius 1 is 1.05 bits per heavy atom. The Morgan fingerprint density at radius 2 is 1.91 bits per heavy atom. The van der Waals surface area contributed by atoms with Crippen LogP contribution in [0.5, 0.6) is 0 Å². The van der Waals surface area contributed by atoms with Crippen molar-refractivity contribution < 1.29 is 0 Å². The summed E-state index contributed by atoms with van der Waals surface area (Å²) in [5, 5.41) is 12.0. The molecule has 22 heavy (non-hydrogen) atoms. The number of H-pyrrole nitrogens is 1. The normalized spacial score (nSPS) is 19.6. The fourth-order valence-electron chi connectivity index (χ4n) is 3.58. The molecule has 0 atom stereocenters. The summed E-state index contributed by atoms with van der Waals surface area (Å²) in [5.74, 6) is 0. The van der Waals surface area contributed by atoms with Crippen molar-refractivity contribution in [1.82, 2.24) is 29.8 Å².